The molecule has 0 atom stereocenters. The van der Waals surface area contributed by atoms with Gasteiger partial charge in [-0.3, -0.25) is 4.79 Å². The molecule has 1 saturated heterocycles. The van der Waals surface area contributed by atoms with Crippen molar-refractivity contribution in [1.82, 2.24) is 14.3 Å². The molecule has 7 nitrogen and oxygen atoms in total. The first-order valence-corrected chi connectivity index (χ1v) is 9.33. The Morgan fingerprint density at radius 1 is 1.14 bits per heavy atom. The van der Waals surface area contributed by atoms with E-state index in [0.29, 0.717) is 5.56 Å². The smallest absolute Gasteiger partial charge is 0.250 e. The molecule has 0 spiro atoms. The third-order valence-electron chi connectivity index (χ3n) is 5.20. The summed E-state index contributed by atoms with van der Waals surface area (Å²) in [6.45, 7) is 1.73. The molecule has 0 saturated carbocycles. The van der Waals surface area contributed by atoms with Crippen LogP contribution in [0.25, 0.3) is 16.9 Å². The molecular weight excluding hydrogens is 352 g/mol. The van der Waals surface area contributed by atoms with Gasteiger partial charge in [-0.25, -0.2) is 4.68 Å². The lowest BCUT2D eigenvalue weighted by Gasteiger charge is -2.30. The number of pyridine rings is 1. The van der Waals surface area contributed by atoms with Crippen LogP contribution in [-0.2, 0) is 7.05 Å². The number of aromatic nitrogens is 3. The zero-order valence-corrected chi connectivity index (χ0v) is 15.7. The minimum atomic E-state index is -0.0735. The predicted molar refractivity (Wildman–Crippen MR) is 108 cm³/mol. The van der Waals surface area contributed by atoms with Gasteiger partial charge in [0.15, 0.2) is 5.82 Å². The van der Waals surface area contributed by atoms with Crippen molar-refractivity contribution < 1.29 is 0 Å². The van der Waals surface area contributed by atoms with Crippen LogP contribution in [0.5, 0.6) is 0 Å². The number of hydrogen-bond donors (Lipinski definition) is 1. The third-order valence-corrected chi connectivity index (χ3v) is 5.20. The second kappa shape index (κ2) is 7.33. The monoisotopic (exact) mass is 374 g/mol. The number of nitriles is 1. The van der Waals surface area contributed by atoms with E-state index in [0.717, 1.165) is 48.7 Å². The second-order valence-corrected chi connectivity index (χ2v) is 7.15. The molecule has 2 N–H and O–H groups in total. The molecule has 1 aromatic carbocycles. The van der Waals surface area contributed by atoms with Crippen molar-refractivity contribution in [2.75, 3.05) is 18.0 Å². The molecule has 0 radical (unpaired) electrons. The first-order valence-electron chi connectivity index (χ1n) is 9.33. The molecule has 28 heavy (non-hydrogen) atoms. The normalized spacial score (nSPS) is 14.8. The van der Waals surface area contributed by atoms with Crippen LogP contribution in [0.4, 0.5) is 5.82 Å². The maximum Gasteiger partial charge on any atom is 0.250 e. The fourth-order valence-corrected chi connectivity index (χ4v) is 3.44. The summed E-state index contributed by atoms with van der Waals surface area (Å²) in [5.41, 5.74) is 9.04. The summed E-state index contributed by atoms with van der Waals surface area (Å²) in [5.74, 6) is 0.868. The molecule has 4 rings (SSSR count). The van der Waals surface area contributed by atoms with Gasteiger partial charge in [-0.05, 0) is 43.2 Å². The molecule has 1 fully saturated rings. The van der Waals surface area contributed by atoms with Crippen LogP contribution in [0.2, 0.25) is 0 Å². The average molecular weight is 374 g/mol. The van der Waals surface area contributed by atoms with Crippen molar-refractivity contribution in [3.05, 3.63) is 64.6 Å². The zero-order valence-electron chi connectivity index (χ0n) is 15.7. The zero-order chi connectivity index (χ0) is 19.7. The Bertz CT molecular complexity index is 1080. The molecule has 0 bridgehead atoms. The molecule has 2 aromatic heterocycles. The van der Waals surface area contributed by atoms with E-state index in [9.17, 15) is 4.79 Å². The first kappa shape index (κ1) is 18.0. The van der Waals surface area contributed by atoms with Gasteiger partial charge in [0.25, 0.3) is 5.56 Å². The van der Waals surface area contributed by atoms with Crippen LogP contribution in [0.15, 0.2) is 53.5 Å². The quantitative estimate of drug-likeness (QED) is 0.757. The summed E-state index contributed by atoms with van der Waals surface area (Å²) in [5, 5.41) is 13.9. The van der Waals surface area contributed by atoms with E-state index < -0.39 is 0 Å². The summed E-state index contributed by atoms with van der Waals surface area (Å²) in [7, 11) is 1.73. The Balaban J connectivity index is 1.80. The van der Waals surface area contributed by atoms with E-state index in [1.165, 1.54) is 0 Å². The van der Waals surface area contributed by atoms with Gasteiger partial charge >= 0.3 is 0 Å². The minimum absolute atomic E-state index is 0.0735. The lowest BCUT2D eigenvalue weighted by Crippen LogP contribution is -2.39. The van der Waals surface area contributed by atoms with Gasteiger partial charge in [0.05, 0.1) is 23.0 Å². The Labute approximate surface area is 163 Å². The number of aryl methyl sites for hydroxylation is 1. The number of benzene rings is 1. The van der Waals surface area contributed by atoms with Gasteiger partial charge in [0.1, 0.15) is 0 Å². The molecule has 3 heterocycles. The van der Waals surface area contributed by atoms with E-state index in [1.807, 2.05) is 28.9 Å². The van der Waals surface area contributed by atoms with Crippen molar-refractivity contribution in [3.8, 4) is 23.0 Å². The van der Waals surface area contributed by atoms with E-state index in [1.54, 1.807) is 36.0 Å². The first-order chi connectivity index (χ1) is 13.5. The lowest BCUT2D eigenvalue weighted by atomic mass is 10.1. The molecule has 1 aliphatic rings. The Kier molecular flexibility index (Phi) is 4.72. The number of rotatable bonds is 3. The average Bonchev–Trinajstić information content (AvgIpc) is 3.16. The fourth-order valence-electron chi connectivity index (χ4n) is 3.44. The summed E-state index contributed by atoms with van der Waals surface area (Å²) >= 11 is 0. The van der Waals surface area contributed by atoms with E-state index in [-0.39, 0.29) is 11.6 Å². The Morgan fingerprint density at radius 2 is 1.86 bits per heavy atom. The number of anilines is 1. The van der Waals surface area contributed by atoms with Gasteiger partial charge in [-0.1, -0.05) is 0 Å². The minimum Gasteiger partial charge on any atom is -0.355 e. The predicted octanol–water partition coefficient (Wildman–Crippen LogP) is 2.04. The standard InChI is InChI=1S/C21H22N6O/c1-25-9-6-16(12-21(25)28)19-13-20(26-10-7-17(23)8-11-26)24-27(19)18-4-2-15(14-22)3-5-18/h2-6,9,12-13,17H,7-8,10-11,23H2,1H3. The molecule has 0 amide bonds. The molecule has 3 aromatic rings. The van der Waals surface area contributed by atoms with Gasteiger partial charge in [-0.15, -0.1) is 5.10 Å². The maximum atomic E-state index is 12.2. The van der Waals surface area contributed by atoms with Crippen LogP contribution in [0.3, 0.4) is 0 Å². The van der Waals surface area contributed by atoms with Crippen molar-refractivity contribution in [1.29, 1.82) is 5.26 Å². The largest absolute Gasteiger partial charge is 0.355 e. The van der Waals surface area contributed by atoms with Crippen LogP contribution in [0, 0.1) is 11.3 Å². The Hall–Kier alpha value is -3.37. The van der Waals surface area contributed by atoms with E-state index in [2.05, 4.69) is 11.0 Å². The molecule has 0 aliphatic carbocycles. The van der Waals surface area contributed by atoms with Crippen LogP contribution >= 0.6 is 0 Å². The highest BCUT2D eigenvalue weighted by Crippen LogP contribution is 2.28. The van der Waals surface area contributed by atoms with E-state index in [4.69, 9.17) is 16.1 Å². The topological polar surface area (TPSA) is 92.9 Å². The highest BCUT2D eigenvalue weighted by molar-refractivity contribution is 5.66. The highest BCUT2D eigenvalue weighted by Gasteiger charge is 2.21. The summed E-state index contributed by atoms with van der Waals surface area (Å²) in [6.07, 6.45) is 3.63. The fraction of sp³-hybridized carbons (Fsp3) is 0.286. The highest BCUT2D eigenvalue weighted by atomic mass is 16.1. The molecule has 142 valence electrons. The van der Waals surface area contributed by atoms with Crippen LogP contribution in [-0.4, -0.2) is 33.5 Å². The van der Waals surface area contributed by atoms with Crippen LogP contribution in [0.1, 0.15) is 18.4 Å². The Morgan fingerprint density at radius 3 is 2.50 bits per heavy atom. The molecule has 1 aliphatic heterocycles. The van der Waals surface area contributed by atoms with E-state index >= 15 is 0 Å². The molecule has 0 unspecified atom stereocenters. The molecular formula is C21H22N6O. The summed E-state index contributed by atoms with van der Waals surface area (Å²) in [4.78, 5) is 14.4. The van der Waals surface area contributed by atoms with Gasteiger partial charge in [-0.2, -0.15) is 5.26 Å². The SMILES string of the molecule is Cn1ccc(-c2cc(N3CCC(N)CC3)nn2-c2ccc(C#N)cc2)cc1=O. The second-order valence-electron chi connectivity index (χ2n) is 7.15. The summed E-state index contributed by atoms with van der Waals surface area (Å²) in [6, 6.07) is 15.2. The number of nitrogens with zero attached hydrogens (tertiary/aromatic N) is 5. The van der Waals surface area contributed by atoms with Crippen molar-refractivity contribution >= 4 is 5.82 Å². The van der Waals surface area contributed by atoms with Crippen molar-refractivity contribution in [2.24, 2.45) is 12.8 Å². The number of piperidine rings is 1. The number of nitrogens with two attached hydrogens (primary N) is 1. The lowest BCUT2D eigenvalue weighted by molar-refractivity contribution is 0.498. The molecule has 7 heteroatoms. The van der Waals surface area contributed by atoms with Crippen molar-refractivity contribution in [2.45, 2.75) is 18.9 Å². The summed E-state index contributed by atoms with van der Waals surface area (Å²) < 4.78 is 3.37. The van der Waals surface area contributed by atoms with Crippen molar-refractivity contribution in [3.63, 3.8) is 0 Å². The number of hydrogen-bond acceptors (Lipinski definition) is 5. The maximum absolute atomic E-state index is 12.2. The third kappa shape index (κ3) is 3.42. The van der Waals surface area contributed by atoms with Crippen LogP contribution < -0.4 is 16.2 Å². The van der Waals surface area contributed by atoms with Gasteiger partial charge in [0, 0.05) is 50.1 Å². The van der Waals surface area contributed by atoms with Gasteiger partial charge < -0.3 is 15.2 Å². The van der Waals surface area contributed by atoms with Gasteiger partial charge in [0.2, 0.25) is 0 Å².